The molecule has 1 N–H and O–H groups in total. The third-order valence-corrected chi connectivity index (χ3v) is 3.85. The van der Waals surface area contributed by atoms with Crippen LogP contribution in [0.4, 0.5) is 13.2 Å². The number of aryl methyl sites for hydroxylation is 1. The lowest BCUT2D eigenvalue weighted by atomic mass is 10.2. The van der Waals surface area contributed by atoms with Crippen LogP contribution < -0.4 is 0 Å². The Hall–Kier alpha value is -1.17. The Labute approximate surface area is 129 Å². The zero-order valence-corrected chi connectivity index (χ0v) is 12.7. The quantitative estimate of drug-likeness (QED) is 0.827. The van der Waals surface area contributed by atoms with Crippen LogP contribution in [0, 0.1) is 13.8 Å². The van der Waals surface area contributed by atoms with Crippen LogP contribution in [0.15, 0.2) is 18.2 Å². The van der Waals surface area contributed by atoms with Crippen molar-refractivity contribution >= 4 is 23.2 Å². The molecule has 114 valence electrons. The molecule has 0 saturated carbocycles. The van der Waals surface area contributed by atoms with Gasteiger partial charge in [0.05, 0.1) is 27.9 Å². The predicted molar refractivity (Wildman–Crippen MR) is 76.2 cm³/mol. The van der Waals surface area contributed by atoms with Crippen LogP contribution in [0.2, 0.25) is 10.0 Å². The topological polar surface area (TPSA) is 25.2 Å². The number of nitrogens with zero attached hydrogens (tertiary/aromatic N) is 1. The van der Waals surface area contributed by atoms with E-state index in [9.17, 15) is 18.3 Å². The van der Waals surface area contributed by atoms with Gasteiger partial charge in [-0.1, -0.05) is 23.2 Å². The summed E-state index contributed by atoms with van der Waals surface area (Å²) in [6.07, 6.45) is -4.51. The maximum Gasteiger partial charge on any atom is 0.416 e. The second-order valence-corrected chi connectivity index (χ2v) is 5.49. The first-order valence-electron chi connectivity index (χ1n) is 6.02. The Bertz CT molecular complexity index is 669. The molecule has 7 heteroatoms. The van der Waals surface area contributed by atoms with Crippen LogP contribution in [-0.4, -0.2) is 9.67 Å². The zero-order chi connectivity index (χ0) is 15.9. The maximum atomic E-state index is 12.7. The number of hydrogen-bond donors (Lipinski definition) is 1. The monoisotopic (exact) mass is 337 g/mol. The highest BCUT2D eigenvalue weighted by Crippen LogP contribution is 2.38. The van der Waals surface area contributed by atoms with E-state index >= 15 is 0 Å². The molecule has 2 rings (SSSR count). The van der Waals surface area contributed by atoms with E-state index < -0.39 is 11.7 Å². The van der Waals surface area contributed by atoms with E-state index in [1.165, 1.54) is 0 Å². The molecule has 0 unspecified atom stereocenters. The van der Waals surface area contributed by atoms with Gasteiger partial charge in [0.25, 0.3) is 0 Å². The summed E-state index contributed by atoms with van der Waals surface area (Å²) in [5, 5.41) is 9.07. The highest BCUT2D eigenvalue weighted by atomic mass is 35.5. The van der Waals surface area contributed by atoms with Gasteiger partial charge in [0.1, 0.15) is 0 Å². The van der Waals surface area contributed by atoms with Crippen molar-refractivity contribution in [2.75, 3.05) is 0 Å². The van der Waals surface area contributed by atoms with Crippen LogP contribution in [0.3, 0.4) is 0 Å². The predicted octanol–water partition coefficient (Wildman–Crippen LogP) is 4.91. The number of halogens is 5. The molecule has 0 atom stereocenters. The van der Waals surface area contributed by atoms with Gasteiger partial charge in [-0.05, 0) is 37.6 Å². The number of benzene rings is 1. The lowest BCUT2D eigenvalue weighted by Gasteiger charge is -2.16. The largest absolute Gasteiger partial charge is 0.416 e. The summed E-state index contributed by atoms with van der Waals surface area (Å²) in [6.45, 7) is 3.33. The highest BCUT2D eigenvalue weighted by molar-refractivity contribution is 6.38. The van der Waals surface area contributed by atoms with E-state index in [-0.39, 0.29) is 22.3 Å². The van der Waals surface area contributed by atoms with Gasteiger partial charge in [0, 0.05) is 11.4 Å². The second kappa shape index (κ2) is 5.55. The van der Waals surface area contributed by atoms with E-state index in [4.69, 9.17) is 23.2 Å². The number of aliphatic hydroxyl groups is 1. The Morgan fingerprint density at radius 3 is 2.00 bits per heavy atom. The number of rotatable bonds is 2. The molecular formula is C14H12Cl2F3NO. The van der Waals surface area contributed by atoms with Crippen LogP contribution in [0.5, 0.6) is 0 Å². The van der Waals surface area contributed by atoms with Crippen molar-refractivity contribution in [2.45, 2.75) is 26.6 Å². The van der Waals surface area contributed by atoms with Crippen LogP contribution in [0.25, 0.3) is 5.69 Å². The number of aliphatic hydroxyl groups excluding tert-OH is 1. The van der Waals surface area contributed by atoms with Crippen LogP contribution in [-0.2, 0) is 12.8 Å². The molecule has 21 heavy (non-hydrogen) atoms. The van der Waals surface area contributed by atoms with Gasteiger partial charge < -0.3 is 9.67 Å². The van der Waals surface area contributed by atoms with Crippen LogP contribution >= 0.6 is 23.2 Å². The highest BCUT2D eigenvalue weighted by Gasteiger charge is 2.32. The molecule has 0 saturated heterocycles. The van der Waals surface area contributed by atoms with Gasteiger partial charge in [-0.2, -0.15) is 13.2 Å². The molecule has 0 bridgehead atoms. The van der Waals surface area contributed by atoms with E-state index in [0.29, 0.717) is 11.3 Å². The standard InChI is InChI=1S/C14H12Cl2F3NO/c1-7-3-9(6-21)8(2)20(7)13-11(15)4-10(5-12(13)16)14(17,18)19/h3-5,21H,6H2,1-2H3. The van der Waals surface area contributed by atoms with Crippen molar-refractivity contribution < 1.29 is 18.3 Å². The minimum Gasteiger partial charge on any atom is -0.392 e. The number of aromatic nitrogens is 1. The van der Waals surface area contributed by atoms with Crippen molar-refractivity contribution in [1.82, 2.24) is 4.57 Å². The Kier molecular flexibility index (Phi) is 4.29. The van der Waals surface area contributed by atoms with Crippen molar-refractivity contribution in [1.29, 1.82) is 0 Å². The molecule has 2 aromatic rings. The third kappa shape index (κ3) is 2.91. The molecule has 0 amide bonds. The minimum atomic E-state index is -4.51. The van der Waals surface area contributed by atoms with E-state index in [2.05, 4.69) is 0 Å². The Balaban J connectivity index is 2.69. The summed E-state index contributed by atoms with van der Waals surface area (Å²) in [4.78, 5) is 0. The van der Waals surface area contributed by atoms with Gasteiger partial charge in [0.2, 0.25) is 0 Å². The summed E-state index contributed by atoms with van der Waals surface area (Å²) < 4.78 is 39.9. The molecule has 0 aliphatic heterocycles. The van der Waals surface area contributed by atoms with E-state index in [1.807, 2.05) is 0 Å². The molecule has 0 spiro atoms. The average molecular weight is 338 g/mol. The zero-order valence-electron chi connectivity index (χ0n) is 11.2. The van der Waals surface area contributed by atoms with Gasteiger partial charge >= 0.3 is 6.18 Å². The fourth-order valence-electron chi connectivity index (χ4n) is 2.28. The normalized spacial score (nSPS) is 12.0. The van der Waals surface area contributed by atoms with E-state index in [0.717, 1.165) is 17.8 Å². The Morgan fingerprint density at radius 2 is 1.62 bits per heavy atom. The van der Waals surface area contributed by atoms with Gasteiger partial charge in [-0.15, -0.1) is 0 Å². The molecule has 2 nitrogen and oxygen atoms in total. The van der Waals surface area contributed by atoms with Gasteiger partial charge in [-0.25, -0.2) is 0 Å². The molecule has 0 radical (unpaired) electrons. The first-order valence-corrected chi connectivity index (χ1v) is 6.77. The summed E-state index contributed by atoms with van der Waals surface area (Å²) in [5.74, 6) is 0. The van der Waals surface area contributed by atoms with Gasteiger partial charge in [-0.3, -0.25) is 0 Å². The number of alkyl halides is 3. The molecule has 1 heterocycles. The van der Waals surface area contributed by atoms with E-state index in [1.54, 1.807) is 24.5 Å². The van der Waals surface area contributed by atoms with Crippen molar-refractivity contribution in [3.05, 3.63) is 50.8 Å². The lowest BCUT2D eigenvalue weighted by molar-refractivity contribution is -0.137. The van der Waals surface area contributed by atoms with Crippen LogP contribution in [0.1, 0.15) is 22.5 Å². The summed E-state index contributed by atoms with van der Waals surface area (Å²) in [5.41, 5.74) is 1.45. The Morgan fingerprint density at radius 1 is 1.10 bits per heavy atom. The SMILES string of the molecule is Cc1cc(CO)c(C)n1-c1c(Cl)cc(C(F)(F)F)cc1Cl. The lowest BCUT2D eigenvalue weighted by Crippen LogP contribution is -2.08. The third-order valence-electron chi connectivity index (χ3n) is 3.27. The minimum absolute atomic E-state index is 0.0962. The molecule has 1 aromatic heterocycles. The molecule has 0 aliphatic rings. The fraction of sp³-hybridized carbons (Fsp3) is 0.286. The first kappa shape index (κ1) is 16.2. The smallest absolute Gasteiger partial charge is 0.392 e. The second-order valence-electron chi connectivity index (χ2n) is 4.68. The average Bonchev–Trinajstić information content (AvgIpc) is 2.64. The maximum absolute atomic E-state index is 12.7. The first-order chi connectivity index (χ1) is 9.66. The molecule has 0 fully saturated rings. The number of hydrogen-bond acceptors (Lipinski definition) is 1. The van der Waals surface area contributed by atoms with Crippen molar-refractivity contribution in [3.63, 3.8) is 0 Å². The molecule has 0 aliphatic carbocycles. The van der Waals surface area contributed by atoms with Crippen molar-refractivity contribution in [3.8, 4) is 5.69 Å². The van der Waals surface area contributed by atoms with Crippen molar-refractivity contribution in [2.24, 2.45) is 0 Å². The summed E-state index contributed by atoms with van der Waals surface area (Å²) in [6, 6.07) is 3.43. The molecular weight excluding hydrogens is 326 g/mol. The summed E-state index contributed by atoms with van der Waals surface area (Å²) >= 11 is 12.0. The van der Waals surface area contributed by atoms with Gasteiger partial charge in [0.15, 0.2) is 0 Å². The summed E-state index contributed by atoms with van der Waals surface area (Å²) in [7, 11) is 0. The molecule has 1 aromatic carbocycles. The fourth-order valence-corrected chi connectivity index (χ4v) is 2.93.